The lowest BCUT2D eigenvalue weighted by atomic mass is 10.1. The van der Waals surface area contributed by atoms with E-state index in [1.54, 1.807) is 0 Å². The number of halogens is 2. The van der Waals surface area contributed by atoms with Crippen molar-refractivity contribution in [1.82, 2.24) is 15.5 Å². The third kappa shape index (κ3) is 3.37. The first-order valence-electron chi connectivity index (χ1n) is 6.08. The van der Waals surface area contributed by atoms with Crippen molar-refractivity contribution < 1.29 is 18.2 Å². The SMILES string of the molecule is CC(C)NCc1noc(-c2cc(F)cc([N+](=O)[O-])c2F)n1. The van der Waals surface area contributed by atoms with E-state index >= 15 is 0 Å². The third-order valence-electron chi connectivity index (χ3n) is 2.58. The molecule has 0 radical (unpaired) electrons. The number of aromatic nitrogens is 2. The molecule has 0 spiro atoms. The van der Waals surface area contributed by atoms with E-state index in [2.05, 4.69) is 15.5 Å². The highest BCUT2D eigenvalue weighted by atomic mass is 19.1. The van der Waals surface area contributed by atoms with Crippen LogP contribution in [0.2, 0.25) is 0 Å². The van der Waals surface area contributed by atoms with Gasteiger partial charge < -0.3 is 9.84 Å². The highest BCUT2D eigenvalue weighted by molar-refractivity contribution is 5.59. The van der Waals surface area contributed by atoms with Gasteiger partial charge in [-0.1, -0.05) is 19.0 Å². The molecule has 0 amide bonds. The minimum absolute atomic E-state index is 0.180. The van der Waals surface area contributed by atoms with Gasteiger partial charge in [-0.05, 0) is 6.07 Å². The van der Waals surface area contributed by atoms with Crippen molar-refractivity contribution >= 4 is 5.69 Å². The van der Waals surface area contributed by atoms with Crippen molar-refractivity contribution in [3.8, 4) is 11.5 Å². The number of hydrogen-bond acceptors (Lipinski definition) is 6. The predicted molar refractivity (Wildman–Crippen MR) is 68.3 cm³/mol. The highest BCUT2D eigenvalue weighted by Gasteiger charge is 2.24. The van der Waals surface area contributed by atoms with E-state index in [9.17, 15) is 18.9 Å². The lowest BCUT2D eigenvalue weighted by Gasteiger charge is -2.03. The molecule has 1 heterocycles. The monoisotopic (exact) mass is 298 g/mol. The number of nitrogens with zero attached hydrogens (tertiary/aromatic N) is 3. The van der Waals surface area contributed by atoms with Gasteiger partial charge in [0.2, 0.25) is 5.82 Å². The summed E-state index contributed by atoms with van der Waals surface area (Å²) in [5, 5.41) is 17.3. The predicted octanol–water partition coefficient (Wildman–Crippen LogP) is 2.42. The Morgan fingerprint density at radius 2 is 2.14 bits per heavy atom. The van der Waals surface area contributed by atoms with Crippen LogP contribution in [0.15, 0.2) is 16.7 Å². The molecule has 0 saturated carbocycles. The van der Waals surface area contributed by atoms with Crippen molar-refractivity contribution in [3.05, 3.63) is 39.7 Å². The summed E-state index contributed by atoms with van der Waals surface area (Å²) in [6.07, 6.45) is 0. The van der Waals surface area contributed by atoms with Crippen LogP contribution in [-0.4, -0.2) is 21.1 Å². The number of hydrogen-bond donors (Lipinski definition) is 1. The van der Waals surface area contributed by atoms with Crippen LogP contribution in [0, 0.1) is 21.7 Å². The number of benzene rings is 1. The fourth-order valence-corrected chi connectivity index (χ4v) is 1.59. The Hall–Kier alpha value is -2.42. The average molecular weight is 298 g/mol. The van der Waals surface area contributed by atoms with E-state index in [1.807, 2.05) is 13.8 Å². The van der Waals surface area contributed by atoms with Gasteiger partial charge in [-0.2, -0.15) is 9.37 Å². The fourth-order valence-electron chi connectivity index (χ4n) is 1.59. The molecule has 0 saturated heterocycles. The number of nitro groups is 1. The summed E-state index contributed by atoms with van der Waals surface area (Å²) in [4.78, 5) is 13.5. The van der Waals surface area contributed by atoms with Crippen molar-refractivity contribution in [2.45, 2.75) is 26.4 Å². The third-order valence-corrected chi connectivity index (χ3v) is 2.58. The zero-order valence-electron chi connectivity index (χ0n) is 11.3. The molecule has 112 valence electrons. The van der Waals surface area contributed by atoms with Crippen molar-refractivity contribution in [2.75, 3.05) is 0 Å². The second-order valence-corrected chi connectivity index (χ2v) is 4.59. The van der Waals surface area contributed by atoms with Crippen molar-refractivity contribution in [1.29, 1.82) is 0 Å². The van der Waals surface area contributed by atoms with E-state index in [4.69, 9.17) is 4.52 Å². The molecule has 2 rings (SSSR count). The maximum absolute atomic E-state index is 14.0. The second kappa shape index (κ2) is 5.92. The van der Waals surface area contributed by atoms with Crippen LogP contribution in [-0.2, 0) is 6.54 Å². The number of nitrogens with one attached hydrogen (secondary N) is 1. The maximum atomic E-state index is 14.0. The van der Waals surface area contributed by atoms with Crippen LogP contribution < -0.4 is 5.32 Å². The Morgan fingerprint density at radius 3 is 2.76 bits per heavy atom. The molecule has 1 N–H and O–H groups in total. The molecule has 0 bridgehead atoms. The van der Waals surface area contributed by atoms with Gasteiger partial charge in [-0.3, -0.25) is 10.1 Å². The molecular weight excluding hydrogens is 286 g/mol. The van der Waals surface area contributed by atoms with Gasteiger partial charge in [0.15, 0.2) is 5.82 Å². The Balaban J connectivity index is 2.36. The molecule has 1 aromatic carbocycles. The molecule has 0 atom stereocenters. The van der Waals surface area contributed by atoms with Gasteiger partial charge in [0, 0.05) is 6.04 Å². The summed E-state index contributed by atoms with van der Waals surface area (Å²) >= 11 is 0. The zero-order valence-corrected chi connectivity index (χ0v) is 11.3. The molecule has 21 heavy (non-hydrogen) atoms. The first-order valence-corrected chi connectivity index (χ1v) is 6.08. The van der Waals surface area contributed by atoms with Crippen molar-refractivity contribution in [2.24, 2.45) is 0 Å². The number of nitro benzene ring substituents is 1. The number of rotatable bonds is 5. The lowest BCUT2D eigenvalue weighted by molar-refractivity contribution is -0.387. The Labute approximate surface area is 118 Å². The average Bonchev–Trinajstić information content (AvgIpc) is 2.87. The van der Waals surface area contributed by atoms with Crippen LogP contribution in [0.5, 0.6) is 0 Å². The van der Waals surface area contributed by atoms with Gasteiger partial charge in [-0.15, -0.1) is 0 Å². The van der Waals surface area contributed by atoms with Gasteiger partial charge >= 0.3 is 5.69 Å². The minimum Gasteiger partial charge on any atom is -0.334 e. The maximum Gasteiger partial charge on any atom is 0.308 e. The van der Waals surface area contributed by atoms with Gasteiger partial charge in [0.05, 0.1) is 23.1 Å². The molecule has 1 aromatic heterocycles. The van der Waals surface area contributed by atoms with E-state index in [1.165, 1.54) is 0 Å². The Bertz CT molecular complexity index is 673. The van der Waals surface area contributed by atoms with Crippen molar-refractivity contribution in [3.63, 3.8) is 0 Å². The molecular formula is C12H12F2N4O3. The fraction of sp³-hybridized carbons (Fsp3) is 0.333. The lowest BCUT2D eigenvalue weighted by Crippen LogP contribution is -2.22. The first kappa shape index (κ1) is 15.0. The van der Waals surface area contributed by atoms with Gasteiger partial charge in [0.1, 0.15) is 5.82 Å². The van der Waals surface area contributed by atoms with E-state index in [-0.39, 0.29) is 24.3 Å². The second-order valence-electron chi connectivity index (χ2n) is 4.59. The molecule has 0 aliphatic rings. The van der Waals surface area contributed by atoms with Gasteiger partial charge in [0.25, 0.3) is 5.89 Å². The van der Waals surface area contributed by atoms with Crippen LogP contribution >= 0.6 is 0 Å². The van der Waals surface area contributed by atoms with E-state index < -0.39 is 27.8 Å². The quantitative estimate of drug-likeness (QED) is 0.673. The first-order chi connectivity index (χ1) is 9.88. The molecule has 0 unspecified atom stereocenters. The Morgan fingerprint density at radius 1 is 1.43 bits per heavy atom. The van der Waals surface area contributed by atoms with Crippen LogP contribution in [0.1, 0.15) is 19.7 Å². The topological polar surface area (TPSA) is 94.1 Å². The zero-order chi connectivity index (χ0) is 15.6. The molecule has 9 heteroatoms. The molecule has 0 aliphatic carbocycles. The van der Waals surface area contributed by atoms with Crippen LogP contribution in [0.3, 0.4) is 0 Å². The summed E-state index contributed by atoms with van der Waals surface area (Å²) < 4.78 is 32.1. The molecule has 0 fully saturated rings. The summed E-state index contributed by atoms with van der Waals surface area (Å²) in [5.41, 5.74) is -1.42. The Kier molecular flexibility index (Phi) is 4.22. The summed E-state index contributed by atoms with van der Waals surface area (Å²) in [7, 11) is 0. The van der Waals surface area contributed by atoms with Gasteiger partial charge in [-0.25, -0.2) is 4.39 Å². The normalized spacial score (nSPS) is 11.1. The van der Waals surface area contributed by atoms with E-state index in [0.29, 0.717) is 6.07 Å². The summed E-state index contributed by atoms with van der Waals surface area (Å²) in [6.45, 7) is 4.10. The van der Waals surface area contributed by atoms with E-state index in [0.717, 1.165) is 6.07 Å². The molecule has 0 aliphatic heterocycles. The molecule has 2 aromatic rings. The molecule has 7 nitrogen and oxygen atoms in total. The summed E-state index contributed by atoms with van der Waals surface area (Å²) in [6, 6.07) is 1.45. The van der Waals surface area contributed by atoms with Crippen LogP contribution in [0.4, 0.5) is 14.5 Å². The van der Waals surface area contributed by atoms with Crippen LogP contribution in [0.25, 0.3) is 11.5 Å². The largest absolute Gasteiger partial charge is 0.334 e. The standard InChI is InChI=1S/C12H12F2N4O3/c1-6(2)15-5-10-16-12(21-17-10)8-3-7(13)4-9(11(8)14)18(19)20/h3-4,6,15H,5H2,1-2H3. The smallest absolute Gasteiger partial charge is 0.308 e. The minimum atomic E-state index is -1.21. The highest BCUT2D eigenvalue weighted by Crippen LogP contribution is 2.29. The summed E-state index contributed by atoms with van der Waals surface area (Å²) in [5.74, 6) is -2.24.